The third-order valence-electron chi connectivity index (χ3n) is 3.36. The summed E-state index contributed by atoms with van der Waals surface area (Å²) in [6, 6.07) is 14.2. The fraction of sp³-hybridized carbons (Fsp3) is 0.300. The number of carbonyl (C=O) groups is 2. The molecule has 1 N–H and O–H groups in total. The van der Waals surface area contributed by atoms with Crippen LogP contribution in [0.15, 0.2) is 48.5 Å². The van der Waals surface area contributed by atoms with E-state index in [1.165, 1.54) is 0 Å². The molecule has 0 aliphatic heterocycles. The molecule has 5 nitrogen and oxygen atoms in total. The Balaban J connectivity index is 1.85. The molecule has 0 radical (unpaired) electrons. The van der Waals surface area contributed by atoms with Crippen molar-refractivity contribution in [2.24, 2.45) is 5.92 Å². The average Bonchev–Trinajstić information content (AvgIpc) is 2.60. The molecule has 1 amide bonds. The molecule has 0 aliphatic rings. The number of aryl methyl sites for hydroxylation is 1. The molecule has 5 heteroatoms. The van der Waals surface area contributed by atoms with E-state index in [2.05, 4.69) is 5.32 Å². The summed E-state index contributed by atoms with van der Waals surface area (Å²) in [5.74, 6) is 0.185. The first-order chi connectivity index (χ1) is 11.9. The minimum Gasteiger partial charge on any atom is -0.482 e. The second-order valence-corrected chi connectivity index (χ2v) is 6.21. The van der Waals surface area contributed by atoms with Crippen molar-refractivity contribution in [1.29, 1.82) is 0 Å². The molecule has 0 unspecified atom stereocenters. The van der Waals surface area contributed by atoms with Gasteiger partial charge in [0.25, 0.3) is 5.91 Å². The predicted octanol–water partition coefficient (Wildman–Crippen LogP) is 3.83. The van der Waals surface area contributed by atoms with Gasteiger partial charge in [-0.25, -0.2) is 4.79 Å². The van der Waals surface area contributed by atoms with Crippen molar-refractivity contribution in [3.05, 3.63) is 59.7 Å². The first kappa shape index (κ1) is 18.5. The van der Waals surface area contributed by atoms with Crippen LogP contribution in [0.1, 0.15) is 29.8 Å². The van der Waals surface area contributed by atoms with E-state index in [9.17, 15) is 9.59 Å². The first-order valence-electron chi connectivity index (χ1n) is 8.20. The quantitative estimate of drug-likeness (QED) is 0.778. The summed E-state index contributed by atoms with van der Waals surface area (Å²) < 4.78 is 10.4. The molecule has 0 saturated carbocycles. The topological polar surface area (TPSA) is 64.6 Å². The standard InChI is InChI=1S/C20H23NO4/c1-14(2)12-25-19(22)13-24-18-10-6-16(7-11-18)20(23)21-17-8-4-15(3)5-9-17/h4-11,14H,12-13H2,1-3H3,(H,21,23). The maximum Gasteiger partial charge on any atom is 0.344 e. The van der Waals surface area contributed by atoms with E-state index in [1.54, 1.807) is 24.3 Å². The van der Waals surface area contributed by atoms with Crippen LogP contribution < -0.4 is 10.1 Å². The van der Waals surface area contributed by atoms with E-state index >= 15 is 0 Å². The van der Waals surface area contributed by atoms with E-state index in [-0.39, 0.29) is 18.4 Å². The number of benzene rings is 2. The molecular weight excluding hydrogens is 318 g/mol. The number of nitrogens with one attached hydrogen (secondary N) is 1. The summed E-state index contributed by atoms with van der Waals surface area (Å²) in [7, 11) is 0. The number of ether oxygens (including phenoxy) is 2. The SMILES string of the molecule is Cc1ccc(NC(=O)c2ccc(OCC(=O)OCC(C)C)cc2)cc1. The Morgan fingerprint density at radius 2 is 1.64 bits per heavy atom. The van der Waals surface area contributed by atoms with Crippen LogP contribution in [0.3, 0.4) is 0 Å². The van der Waals surface area contributed by atoms with E-state index in [0.29, 0.717) is 17.9 Å². The van der Waals surface area contributed by atoms with Crippen LogP contribution in [0, 0.1) is 12.8 Å². The van der Waals surface area contributed by atoms with E-state index in [1.807, 2.05) is 45.0 Å². The number of esters is 1. The highest BCUT2D eigenvalue weighted by Crippen LogP contribution is 2.15. The lowest BCUT2D eigenvalue weighted by molar-refractivity contribution is -0.147. The Morgan fingerprint density at radius 1 is 1.00 bits per heavy atom. The van der Waals surface area contributed by atoms with Crippen LogP contribution >= 0.6 is 0 Å². The summed E-state index contributed by atoms with van der Waals surface area (Å²) >= 11 is 0. The summed E-state index contributed by atoms with van der Waals surface area (Å²) in [6.45, 7) is 6.15. The van der Waals surface area contributed by atoms with Crippen molar-refractivity contribution in [1.82, 2.24) is 0 Å². The maximum absolute atomic E-state index is 12.2. The lowest BCUT2D eigenvalue weighted by atomic mass is 10.2. The minimum atomic E-state index is -0.408. The zero-order valence-corrected chi connectivity index (χ0v) is 14.7. The molecule has 0 atom stereocenters. The highest BCUT2D eigenvalue weighted by molar-refractivity contribution is 6.04. The summed E-state index contributed by atoms with van der Waals surface area (Å²) in [4.78, 5) is 23.7. The predicted molar refractivity (Wildman–Crippen MR) is 96.9 cm³/mol. The molecule has 0 spiro atoms. The smallest absolute Gasteiger partial charge is 0.344 e. The van der Waals surface area contributed by atoms with Crippen molar-refractivity contribution >= 4 is 17.6 Å². The third kappa shape index (κ3) is 6.30. The minimum absolute atomic E-state index is 0.151. The van der Waals surface area contributed by atoms with Gasteiger partial charge in [-0.15, -0.1) is 0 Å². The molecular formula is C20H23NO4. The Kier molecular flexibility index (Phi) is 6.57. The van der Waals surface area contributed by atoms with E-state index in [0.717, 1.165) is 11.3 Å². The molecule has 0 bridgehead atoms. The Morgan fingerprint density at radius 3 is 2.24 bits per heavy atom. The molecule has 132 valence electrons. The molecule has 0 heterocycles. The van der Waals surface area contributed by atoms with E-state index < -0.39 is 5.97 Å². The highest BCUT2D eigenvalue weighted by atomic mass is 16.6. The lowest BCUT2D eigenvalue weighted by Gasteiger charge is -2.09. The third-order valence-corrected chi connectivity index (χ3v) is 3.36. The van der Waals surface area contributed by atoms with Crippen LogP contribution in [0.2, 0.25) is 0 Å². The van der Waals surface area contributed by atoms with Crippen LogP contribution in [0.25, 0.3) is 0 Å². The molecule has 2 rings (SSSR count). The Bertz CT molecular complexity index is 705. The number of hydrogen-bond acceptors (Lipinski definition) is 4. The summed E-state index contributed by atoms with van der Waals surface area (Å²) in [5.41, 5.74) is 2.38. The molecule has 2 aromatic rings. The van der Waals surface area contributed by atoms with Crippen molar-refractivity contribution in [3.63, 3.8) is 0 Å². The average molecular weight is 341 g/mol. The van der Waals surface area contributed by atoms with Gasteiger partial charge >= 0.3 is 5.97 Å². The first-order valence-corrected chi connectivity index (χ1v) is 8.20. The van der Waals surface area contributed by atoms with Gasteiger partial charge in [-0.3, -0.25) is 4.79 Å². The number of carbonyl (C=O) groups excluding carboxylic acids is 2. The van der Waals surface area contributed by atoms with Gasteiger partial charge < -0.3 is 14.8 Å². The van der Waals surface area contributed by atoms with Gasteiger partial charge in [-0.2, -0.15) is 0 Å². The van der Waals surface area contributed by atoms with Crippen LogP contribution in [0.5, 0.6) is 5.75 Å². The number of amides is 1. The summed E-state index contributed by atoms with van der Waals surface area (Å²) in [6.07, 6.45) is 0. The van der Waals surface area contributed by atoms with Gasteiger partial charge in [0, 0.05) is 11.3 Å². The molecule has 0 saturated heterocycles. The molecule has 2 aromatic carbocycles. The van der Waals surface area contributed by atoms with Crippen LogP contribution in [0.4, 0.5) is 5.69 Å². The Hall–Kier alpha value is -2.82. The number of anilines is 1. The highest BCUT2D eigenvalue weighted by Gasteiger charge is 2.08. The Labute approximate surface area is 148 Å². The fourth-order valence-electron chi connectivity index (χ4n) is 1.99. The zero-order valence-electron chi connectivity index (χ0n) is 14.7. The second kappa shape index (κ2) is 8.87. The van der Waals surface area contributed by atoms with Gasteiger partial charge in [0.05, 0.1) is 6.61 Å². The second-order valence-electron chi connectivity index (χ2n) is 6.21. The monoisotopic (exact) mass is 341 g/mol. The largest absolute Gasteiger partial charge is 0.482 e. The number of rotatable bonds is 7. The van der Waals surface area contributed by atoms with Gasteiger partial charge in [0.1, 0.15) is 5.75 Å². The van der Waals surface area contributed by atoms with Crippen molar-refractivity contribution in [2.45, 2.75) is 20.8 Å². The van der Waals surface area contributed by atoms with Gasteiger partial charge in [0.15, 0.2) is 6.61 Å². The van der Waals surface area contributed by atoms with Crippen LogP contribution in [-0.2, 0) is 9.53 Å². The summed E-state index contributed by atoms with van der Waals surface area (Å²) in [5, 5.41) is 2.83. The number of hydrogen-bond donors (Lipinski definition) is 1. The van der Waals surface area contributed by atoms with Gasteiger partial charge in [0.2, 0.25) is 0 Å². The maximum atomic E-state index is 12.2. The van der Waals surface area contributed by atoms with Crippen molar-refractivity contribution < 1.29 is 19.1 Å². The molecule has 0 fully saturated rings. The van der Waals surface area contributed by atoms with E-state index in [4.69, 9.17) is 9.47 Å². The molecule has 25 heavy (non-hydrogen) atoms. The van der Waals surface area contributed by atoms with Crippen LogP contribution in [-0.4, -0.2) is 25.1 Å². The van der Waals surface area contributed by atoms with Crippen molar-refractivity contribution in [3.8, 4) is 5.75 Å². The molecule has 0 aromatic heterocycles. The normalized spacial score (nSPS) is 10.4. The zero-order chi connectivity index (χ0) is 18.2. The fourth-order valence-corrected chi connectivity index (χ4v) is 1.99. The van der Waals surface area contributed by atoms with Gasteiger partial charge in [-0.1, -0.05) is 31.5 Å². The van der Waals surface area contributed by atoms with Gasteiger partial charge in [-0.05, 0) is 49.2 Å². The van der Waals surface area contributed by atoms with Crippen molar-refractivity contribution in [2.75, 3.05) is 18.5 Å². The molecule has 0 aliphatic carbocycles. The lowest BCUT2D eigenvalue weighted by Crippen LogP contribution is -2.17.